The van der Waals surface area contributed by atoms with E-state index in [1.54, 1.807) is 6.08 Å². The summed E-state index contributed by atoms with van der Waals surface area (Å²) in [5, 5.41) is 0. The first-order valence-corrected chi connectivity index (χ1v) is 8.12. The van der Waals surface area contributed by atoms with Crippen molar-refractivity contribution >= 4 is 0 Å². The summed E-state index contributed by atoms with van der Waals surface area (Å²) in [7, 11) is 0. The molecule has 0 unspecified atom stereocenters. The van der Waals surface area contributed by atoms with Crippen LogP contribution in [0.4, 0.5) is 0 Å². The van der Waals surface area contributed by atoms with E-state index in [4.69, 9.17) is 33.2 Å². The van der Waals surface area contributed by atoms with Crippen molar-refractivity contribution in [2.24, 2.45) is 0 Å². The lowest BCUT2D eigenvalue weighted by Crippen LogP contribution is -2.28. The standard InChI is InChI=1S/C16H30O7/c1-2-3-21-14-16-15-22-11-10-19-7-6-17-4-5-18-8-9-20-12-13-23-16/h2,16H,1,3-15H2/t16-/m0/s1. The molecule has 136 valence electrons. The molecular weight excluding hydrogens is 304 g/mol. The van der Waals surface area contributed by atoms with Gasteiger partial charge in [0.2, 0.25) is 0 Å². The highest BCUT2D eigenvalue weighted by Gasteiger charge is 2.10. The topological polar surface area (TPSA) is 64.6 Å². The lowest BCUT2D eigenvalue weighted by Gasteiger charge is -2.18. The van der Waals surface area contributed by atoms with E-state index in [1.165, 1.54) is 0 Å². The number of rotatable bonds is 4. The fraction of sp³-hybridized carbons (Fsp3) is 0.875. The van der Waals surface area contributed by atoms with Gasteiger partial charge in [0.05, 0.1) is 85.9 Å². The Morgan fingerprint density at radius 1 is 0.739 bits per heavy atom. The third-order valence-corrected chi connectivity index (χ3v) is 2.91. The maximum absolute atomic E-state index is 5.72. The van der Waals surface area contributed by atoms with Crippen LogP contribution in [0.15, 0.2) is 12.7 Å². The second kappa shape index (κ2) is 16.3. The molecule has 0 N–H and O–H groups in total. The summed E-state index contributed by atoms with van der Waals surface area (Å²) in [6.07, 6.45) is 1.58. The second-order valence-corrected chi connectivity index (χ2v) is 4.84. The average Bonchev–Trinajstić information content (AvgIpc) is 2.56. The summed E-state index contributed by atoms with van der Waals surface area (Å²) >= 11 is 0. The van der Waals surface area contributed by atoms with Gasteiger partial charge in [-0.2, -0.15) is 0 Å². The molecule has 1 heterocycles. The van der Waals surface area contributed by atoms with Crippen molar-refractivity contribution in [2.45, 2.75) is 6.10 Å². The first-order valence-electron chi connectivity index (χ1n) is 8.12. The van der Waals surface area contributed by atoms with Crippen LogP contribution in [0.25, 0.3) is 0 Å². The smallest absolute Gasteiger partial charge is 0.104 e. The minimum Gasteiger partial charge on any atom is -0.377 e. The van der Waals surface area contributed by atoms with Gasteiger partial charge in [0.15, 0.2) is 0 Å². The number of ether oxygens (including phenoxy) is 7. The predicted octanol–water partition coefficient (Wildman–Crippen LogP) is 0.671. The minimum atomic E-state index is -0.128. The molecule has 0 amide bonds. The minimum absolute atomic E-state index is 0.128. The third-order valence-electron chi connectivity index (χ3n) is 2.91. The Morgan fingerprint density at radius 3 is 1.74 bits per heavy atom. The monoisotopic (exact) mass is 334 g/mol. The van der Waals surface area contributed by atoms with Gasteiger partial charge in [0, 0.05) is 0 Å². The molecule has 0 saturated carbocycles. The Hall–Kier alpha value is -0.540. The van der Waals surface area contributed by atoms with Crippen LogP contribution in [0, 0.1) is 0 Å². The van der Waals surface area contributed by atoms with E-state index in [0.29, 0.717) is 85.9 Å². The van der Waals surface area contributed by atoms with E-state index in [-0.39, 0.29) is 6.10 Å². The Kier molecular flexibility index (Phi) is 14.6. The van der Waals surface area contributed by atoms with Crippen molar-refractivity contribution in [3.05, 3.63) is 12.7 Å². The molecule has 0 spiro atoms. The third kappa shape index (κ3) is 13.6. The Bertz CT molecular complexity index is 245. The highest BCUT2D eigenvalue weighted by Crippen LogP contribution is 1.97. The van der Waals surface area contributed by atoms with E-state index < -0.39 is 0 Å². The first-order chi connectivity index (χ1) is 11.4. The summed E-state index contributed by atoms with van der Waals surface area (Å²) < 4.78 is 38.3. The molecule has 0 bridgehead atoms. The average molecular weight is 334 g/mol. The largest absolute Gasteiger partial charge is 0.377 e. The molecule has 7 heteroatoms. The fourth-order valence-electron chi connectivity index (χ4n) is 1.80. The quantitative estimate of drug-likeness (QED) is 0.553. The van der Waals surface area contributed by atoms with E-state index in [0.717, 1.165) is 0 Å². The van der Waals surface area contributed by atoms with Gasteiger partial charge < -0.3 is 33.2 Å². The van der Waals surface area contributed by atoms with Crippen LogP contribution in [0.1, 0.15) is 0 Å². The predicted molar refractivity (Wildman–Crippen MR) is 84.9 cm³/mol. The van der Waals surface area contributed by atoms with Crippen molar-refractivity contribution in [3.63, 3.8) is 0 Å². The van der Waals surface area contributed by atoms with Crippen molar-refractivity contribution in [1.29, 1.82) is 0 Å². The van der Waals surface area contributed by atoms with Crippen LogP contribution in [-0.2, 0) is 33.2 Å². The van der Waals surface area contributed by atoms with E-state index >= 15 is 0 Å². The molecule has 1 saturated heterocycles. The Morgan fingerprint density at radius 2 is 1.22 bits per heavy atom. The van der Waals surface area contributed by atoms with Crippen molar-refractivity contribution in [2.75, 3.05) is 85.9 Å². The summed E-state index contributed by atoms with van der Waals surface area (Å²) in [6, 6.07) is 0. The van der Waals surface area contributed by atoms with E-state index in [2.05, 4.69) is 6.58 Å². The van der Waals surface area contributed by atoms with Gasteiger partial charge in [-0.15, -0.1) is 6.58 Å². The van der Waals surface area contributed by atoms with Crippen molar-refractivity contribution < 1.29 is 33.2 Å². The zero-order valence-corrected chi connectivity index (χ0v) is 13.9. The zero-order valence-electron chi connectivity index (χ0n) is 13.9. The summed E-state index contributed by atoms with van der Waals surface area (Å²) in [5.41, 5.74) is 0. The van der Waals surface area contributed by atoms with Crippen LogP contribution in [0.3, 0.4) is 0 Å². The maximum Gasteiger partial charge on any atom is 0.104 e. The second-order valence-electron chi connectivity index (χ2n) is 4.84. The van der Waals surface area contributed by atoms with Crippen molar-refractivity contribution in [1.82, 2.24) is 0 Å². The molecule has 1 fully saturated rings. The van der Waals surface area contributed by atoms with Gasteiger partial charge in [-0.1, -0.05) is 6.08 Å². The molecule has 1 aliphatic heterocycles. The molecule has 1 rings (SSSR count). The molecule has 0 radical (unpaired) electrons. The van der Waals surface area contributed by atoms with Crippen LogP contribution < -0.4 is 0 Å². The van der Waals surface area contributed by atoms with Gasteiger partial charge in [-0.05, 0) is 0 Å². The number of hydrogen-bond acceptors (Lipinski definition) is 7. The molecule has 0 aromatic carbocycles. The molecule has 23 heavy (non-hydrogen) atoms. The molecule has 0 aliphatic carbocycles. The highest BCUT2D eigenvalue weighted by molar-refractivity contribution is 4.65. The molecule has 7 nitrogen and oxygen atoms in total. The summed E-state index contributed by atoms with van der Waals surface area (Å²) in [4.78, 5) is 0. The molecule has 0 aromatic heterocycles. The number of hydrogen-bond donors (Lipinski definition) is 0. The first kappa shape index (κ1) is 20.5. The SMILES string of the molecule is C=CCOC[C@H]1COCCOCCOCCOCCOCCO1. The highest BCUT2D eigenvalue weighted by atomic mass is 16.6. The Labute approximate surface area is 138 Å². The fourth-order valence-corrected chi connectivity index (χ4v) is 1.80. The van der Waals surface area contributed by atoms with E-state index in [1.807, 2.05) is 0 Å². The normalized spacial score (nSPS) is 24.4. The van der Waals surface area contributed by atoms with Crippen LogP contribution in [-0.4, -0.2) is 92.0 Å². The zero-order chi connectivity index (χ0) is 16.4. The molecule has 1 atom stereocenters. The lowest BCUT2D eigenvalue weighted by atomic mass is 10.4. The summed E-state index contributed by atoms with van der Waals surface area (Å²) in [5.74, 6) is 0. The van der Waals surface area contributed by atoms with Crippen LogP contribution in [0.5, 0.6) is 0 Å². The van der Waals surface area contributed by atoms with Gasteiger partial charge in [0.1, 0.15) is 6.10 Å². The van der Waals surface area contributed by atoms with Gasteiger partial charge >= 0.3 is 0 Å². The molecule has 0 aromatic rings. The van der Waals surface area contributed by atoms with Crippen molar-refractivity contribution in [3.8, 4) is 0 Å². The van der Waals surface area contributed by atoms with Crippen LogP contribution in [0.2, 0.25) is 0 Å². The van der Waals surface area contributed by atoms with E-state index in [9.17, 15) is 0 Å². The van der Waals surface area contributed by atoms with Gasteiger partial charge in [-0.25, -0.2) is 0 Å². The summed E-state index contributed by atoms with van der Waals surface area (Å²) in [6.45, 7) is 10.4. The molecule has 1 aliphatic rings. The van der Waals surface area contributed by atoms with Crippen LogP contribution >= 0.6 is 0 Å². The maximum atomic E-state index is 5.72. The lowest BCUT2D eigenvalue weighted by molar-refractivity contribution is -0.0820. The van der Waals surface area contributed by atoms with Gasteiger partial charge in [0.25, 0.3) is 0 Å². The van der Waals surface area contributed by atoms with Gasteiger partial charge in [-0.3, -0.25) is 0 Å². The Balaban J connectivity index is 2.22. The molecular formula is C16H30O7.